The highest BCUT2D eigenvalue weighted by molar-refractivity contribution is 5.99. The number of nitrogens with zero attached hydrogens (tertiary/aromatic N) is 4. The lowest BCUT2D eigenvalue weighted by atomic mass is 9.95. The van der Waals surface area contributed by atoms with Gasteiger partial charge in [0.1, 0.15) is 0 Å². The molecule has 0 aliphatic carbocycles. The Morgan fingerprint density at radius 3 is 2.41 bits per heavy atom. The summed E-state index contributed by atoms with van der Waals surface area (Å²) in [6, 6.07) is 12.7. The molecule has 2 aromatic carbocycles. The van der Waals surface area contributed by atoms with Gasteiger partial charge in [0.15, 0.2) is 0 Å². The number of aromatic amines is 1. The van der Waals surface area contributed by atoms with Crippen molar-refractivity contribution in [2.75, 3.05) is 44.3 Å². The molecule has 46 heavy (non-hydrogen) atoms. The maximum atomic E-state index is 13.9. The molecule has 2 aromatic heterocycles. The number of likely N-dealkylation sites (N-methyl/N-ethyl adjacent to an activating group) is 1. The van der Waals surface area contributed by atoms with E-state index < -0.39 is 0 Å². The van der Waals surface area contributed by atoms with Crippen molar-refractivity contribution in [2.45, 2.75) is 66.1 Å². The average Bonchev–Trinajstić information content (AvgIpc) is 3.26. The molecule has 2 aliphatic rings. The molecule has 0 spiro atoms. The fourth-order valence-corrected chi connectivity index (χ4v) is 7.25. The average molecular weight is 627 g/mol. The van der Waals surface area contributed by atoms with Gasteiger partial charge in [0, 0.05) is 75.0 Å². The smallest absolute Gasteiger partial charge is 0.329 e. The van der Waals surface area contributed by atoms with E-state index in [1.54, 1.807) is 4.57 Å². The monoisotopic (exact) mass is 626 g/mol. The molecule has 4 aromatic rings. The number of H-pyrrole nitrogens is 1. The van der Waals surface area contributed by atoms with E-state index in [2.05, 4.69) is 46.1 Å². The molecule has 0 radical (unpaired) electrons. The third-order valence-corrected chi connectivity index (χ3v) is 10.00. The van der Waals surface area contributed by atoms with Crippen LogP contribution in [-0.4, -0.2) is 70.4 Å². The van der Waals surface area contributed by atoms with E-state index >= 15 is 0 Å². The van der Waals surface area contributed by atoms with Gasteiger partial charge in [-0.05, 0) is 99.7 Å². The van der Waals surface area contributed by atoms with Crippen molar-refractivity contribution in [3.8, 4) is 11.1 Å². The van der Waals surface area contributed by atoms with Gasteiger partial charge in [-0.25, -0.2) is 4.79 Å². The number of hydrogen-bond acceptors (Lipinski definition) is 6. The van der Waals surface area contributed by atoms with Crippen LogP contribution in [0.3, 0.4) is 0 Å². The summed E-state index contributed by atoms with van der Waals surface area (Å²) in [6.07, 6.45) is 1.85. The Morgan fingerprint density at radius 2 is 1.74 bits per heavy atom. The van der Waals surface area contributed by atoms with Crippen LogP contribution in [0.5, 0.6) is 0 Å². The highest BCUT2D eigenvalue weighted by atomic mass is 16.5. The van der Waals surface area contributed by atoms with Crippen molar-refractivity contribution in [3.05, 3.63) is 85.2 Å². The zero-order valence-corrected chi connectivity index (χ0v) is 27.9. The number of carbonyl (C=O) groups is 1. The number of aryl methyl sites for hydroxylation is 3. The van der Waals surface area contributed by atoms with Gasteiger partial charge >= 0.3 is 5.69 Å². The summed E-state index contributed by atoms with van der Waals surface area (Å²) in [5.41, 5.74) is 8.15. The molecule has 2 saturated heterocycles. The molecule has 0 saturated carbocycles. The number of carbonyl (C=O) groups excluding carboxylic acids is 1. The van der Waals surface area contributed by atoms with Crippen molar-refractivity contribution in [3.63, 3.8) is 0 Å². The molecule has 4 heterocycles. The maximum Gasteiger partial charge on any atom is 0.329 e. The number of imidazole rings is 1. The number of fused-ring (bicyclic) bond motifs is 1. The van der Waals surface area contributed by atoms with Gasteiger partial charge in [0.2, 0.25) is 0 Å². The first kappa shape index (κ1) is 31.8. The number of benzene rings is 2. The molecule has 6 rings (SSSR count). The van der Waals surface area contributed by atoms with Crippen LogP contribution in [0, 0.1) is 20.8 Å². The molecule has 2 fully saturated rings. The summed E-state index contributed by atoms with van der Waals surface area (Å²) in [5, 5.41) is 3.04. The normalized spacial score (nSPS) is 16.1. The molecule has 244 valence electrons. The fourth-order valence-electron chi connectivity index (χ4n) is 7.25. The van der Waals surface area contributed by atoms with Gasteiger partial charge in [0.05, 0.1) is 17.1 Å². The number of amides is 1. The third-order valence-electron chi connectivity index (χ3n) is 10.00. The van der Waals surface area contributed by atoms with Crippen LogP contribution < -0.4 is 21.5 Å². The summed E-state index contributed by atoms with van der Waals surface area (Å²) in [4.78, 5) is 47.6. The maximum absolute atomic E-state index is 13.9. The van der Waals surface area contributed by atoms with E-state index in [0.29, 0.717) is 17.2 Å². The topological polar surface area (TPSA) is 105 Å². The van der Waals surface area contributed by atoms with Gasteiger partial charge in [-0.2, -0.15) is 0 Å². The molecule has 0 atom stereocenters. The molecular formula is C36H46N6O4. The lowest BCUT2D eigenvalue weighted by Crippen LogP contribution is -2.49. The Labute approximate surface area is 270 Å². The van der Waals surface area contributed by atoms with Crippen LogP contribution in [0.25, 0.3) is 22.2 Å². The second-order valence-electron chi connectivity index (χ2n) is 12.8. The van der Waals surface area contributed by atoms with Crippen LogP contribution in [0.15, 0.2) is 46.0 Å². The molecule has 10 nitrogen and oxygen atoms in total. The SMILES string of the molecule is CCN1CC(n2c(=O)n(C)c3ccc(-c4cc(C(=O)NCc5c(C)cc(C)[nH]c5=O)c(C)c(N(CC)C5CCOCC5)c4)cc32)C1. The van der Waals surface area contributed by atoms with Crippen LogP contribution in [0.2, 0.25) is 0 Å². The number of nitrogens with one attached hydrogen (secondary N) is 2. The second kappa shape index (κ2) is 12.9. The predicted octanol–water partition coefficient (Wildman–Crippen LogP) is 4.43. The molecule has 1 amide bonds. The van der Waals surface area contributed by atoms with Crippen LogP contribution in [0.1, 0.15) is 65.5 Å². The number of anilines is 1. The van der Waals surface area contributed by atoms with Crippen molar-refractivity contribution < 1.29 is 9.53 Å². The summed E-state index contributed by atoms with van der Waals surface area (Å²) in [5.74, 6) is -0.227. The van der Waals surface area contributed by atoms with Gasteiger partial charge in [-0.3, -0.25) is 23.6 Å². The Balaban J connectivity index is 1.43. The molecule has 10 heteroatoms. The summed E-state index contributed by atoms with van der Waals surface area (Å²) in [6.45, 7) is 15.1. The lowest BCUT2D eigenvalue weighted by molar-refractivity contribution is 0.0846. The van der Waals surface area contributed by atoms with E-state index in [0.717, 1.165) is 96.9 Å². The number of likely N-dealkylation sites (tertiary alicyclic amines) is 1. The lowest BCUT2D eigenvalue weighted by Gasteiger charge is -2.39. The highest BCUT2D eigenvalue weighted by Gasteiger charge is 2.31. The van der Waals surface area contributed by atoms with Crippen LogP contribution in [0.4, 0.5) is 5.69 Å². The Bertz CT molecular complexity index is 1890. The highest BCUT2D eigenvalue weighted by Crippen LogP contribution is 2.35. The largest absolute Gasteiger partial charge is 0.381 e. The first-order valence-electron chi connectivity index (χ1n) is 16.5. The fraction of sp³-hybridized carbons (Fsp3) is 0.472. The van der Waals surface area contributed by atoms with E-state index in [9.17, 15) is 14.4 Å². The summed E-state index contributed by atoms with van der Waals surface area (Å²) < 4.78 is 9.34. The van der Waals surface area contributed by atoms with Crippen LogP contribution in [-0.2, 0) is 18.3 Å². The van der Waals surface area contributed by atoms with Gasteiger partial charge in [-0.15, -0.1) is 0 Å². The minimum atomic E-state index is -0.227. The second-order valence-corrected chi connectivity index (χ2v) is 12.8. The molecule has 2 aliphatic heterocycles. The third kappa shape index (κ3) is 5.80. The number of rotatable bonds is 9. The Kier molecular flexibility index (Phi) is 8.94. The minimum absolute atomic E-state index is 0.00405. The number of ether oxygens (including phenoxy) is 1. The van der Waals surface area contributed by atoms with E-state index in [1.165, 1.54) is 0 Å². The number of aromatic nitrogens is 3. The molecular weight excluding hydrogens is 580 g/mol. The van der Waals surface area contributed by atoms with E-state index in [-0.39, 0.29) is 29.7 Å². The predicted molar refractivity (Wildman–Crippen MR) is 183 cm³/mol. The Morgan fingerprint density at radius 1 is 1.00 bits per heavy atom. The van der Waals surface area contributed by atoms with Gasteiger partial charge in [0.25, 0.3) is 11.5 Å². The first-order chi connectivity index (χ1) is 22.1. The van der Waals surface area contributed by atoms with Crippen LogP contribution >= 0.6 is 0 Å². The van der Waals surface area contributed by atoms with Crippen molar-refractivity contribution in [1.82, 2.24) is 24.3 Å². The van der Waals surface area contributed by atoms with Gasteiger partial charge in [-0.1, -0.05) is 13.0 Å². The van der Waals surface area contributed by atoms with Gasteiger partial charge < -0.3 is 19.9 Å². The summed E-state index contributed by atoms with van der Waals surface area (Å²) in [7, 11) is 1.83. The van der Waals surface area contributed by atoms with E-state index in [1.807, 2.05) is 56.7 Å². The van der Waals surface area contributed by atoms with E-state index in [4.69, 9.17) is 4.74 Å². The first-order valence-corrected chi connectivity index (χ1v) is 16.5. The van der Waals surface area contributed by atoms with Crippen molar-refractivity contribution in [2.24, 2.45) is 7.05 Å². The number of hydrogen-bond donors (Lipinski definition) is 2. The molecule has 0 bridgehead atoms. The molecule has 0 unspecified atom stereocenters. The number of pyridine rings is 1. The van der Waals surface area contributed by atoms with Crippen molar-refractivity contribution in [1.29, 1.82) is 0 Å². The zero-order chi connectivity index (χ0) is 32.7. The standard InChI is InChI=1S/C36H46N6O4/c1-7-40-20-28(21-40)42-33-17-25(9-10-31(33)39(6)36(42)45)26-16-29(34(43)37-19-30-22(3)15-23(4)38-35(30)44)24(5)32(18-26)41(8-2)27-11-13-46-14-12-27/h9-10,15-18,27-28H,7-8,11-14,19-21H2,1-6H3,(H,37,43)(H,38,44). The quantitative estimate of drug-likeness (QED) is 0.285. The van der Waals surface area contributed by atoms with Crippen molar-refractivity contribution >= 4 is 22.6 Å². The Hall–Kier alpha value is -4.15. The minimum Gasteiger partial charge on any atom is -0.381 e. The molecule has 2 N–H and O–H groups in total. The zero-order valence-electron chi connectivity index (χ0n) is 27.9. The summed E-state index contributed by atoms with van der Waals surface area (Å²) >= 11 is 0.